The fourth-order valence-corrected chi connectivity index (χ4v) is 3.91. The molecule has 0 aliphatic carbocycles. The smallest absolute Gasteiger partial charge is 0.352 e. The molecular weight excluding hydrogens is 450 g/mol. The van der Waals surface area contributed by atoms with E-state index in [1.54, 1.807) is 73.9 Å². The highest BCUT2D eigenvalue weighted by Crippen LogP contribution is 2.36. The summed E-state index contributed by atoms with van der Waals surface area (Å²) >= 11 is 0. The van der Waals surface area contributed by atoms with Gasteiger partial charge in [0.25, 0.3) is 5.91 Å². The molecule has 0 aromatic heterocycles. The van der Waals surface area contributed by atoms with Gasteiger partial charge in [0, 0.05) is 24.6 Å². The number of β-lactam (4-membered cyclic amide) rings is 1. The Labute approximate surface area is 204 Å². The Morgan fingerprint density at radius 2 is 1.71 bits per heavy atom. The maximum absolute atomic E-state index is 13.2. The van der Waals surface area contributed by atoms with Crippen molar-refractivity contribution in [3.63, 3.8) is 0 Å². The minimum Gasteiger partial charge on any atom is -0.497 e. The number of anilines is 1. The van der Waals surface area contributed by atoms with Gasteiger partial charge in [-0.15, -0.1) is 13.2 Å². The lowest BCUT2D eigenvalue weighted by atomic mass is 9.89. The molecule has 4 atom stereocenters. The summed E-state index contributed by atoms with van der Waals surface area (Å²) in [6.07, 6.45) is 0.472. The van der Waals surface area contributed by atoms with Crippen LogP contribution in [0.15, 0.2) is 79.9 Å². The number of amides is 1. The zero-order valence-electron chi connectivity index (χ0n) is 19.8. The number of hydrogen-bond acceptors (Lipinski definition) is 7. The Balaban J connectivity index is 1.91. The lowest BCUT2D eigenvalue weighted by Gasteiger charge is -2.49. The average molecular weight is 480 g/mol. The Hall–Kier alpha value is -3.91. The molecule has 1 heterocycles. The van der Waals surface area contributed by atoms with Crippen molar-refractivity contribution in [2.45, 2.75) is 37.7 Å². The molecule has 0 bridgehead atoms. The molecule has 0 N–H and O–H groups in total. The molecule has 1 amide bonds. The van der Waals surface area contributed by atoms with E-state index < -0.39 is 36.3 Å². The molecule has 2 aromatic carbocycles. The van der Waals surface area contributed by atoms with Crippen molar-refractivity contribution in [1.29, 1.82) is 0 Å². The molecule has 0 radical (unpaired) electrons. The Morgan fingerprint density at radius 1 is 1.03 bits per heavy atom. The summed E-state index contributed by atoms with van der Waals surface area (Å²) < 4.78 is 22.1. The molecule has 8 heteroatoms. The van der Waals surface area contributed by atoms with Crippen LogP contribution in [0.1, 0.15) is 25.0 Å². The van der Waals surface area contributed by atoms with Crippen LogP contribution >= 0.6 is 0 Å². The monoisotopic (exact) mass is 479 g/mol. The number of carbonyl (C=O) groups is 3. The van der Waals surface area contributed by atoms with Gasteiger partial charge in [-0.1, -0.05) is 42.5 Å². The van der Waals surface area contributed by atoms with Crippen LogP contribution < -0.4 is 9.64 Å². The first kappa shape index (κ1) is 25.7. The molecule has 0 saturated carbocycles. The zero-order chi connectivity index (χ0) is 25.4. The second-order valence-electron chi connectivity index (χ2n) is 7.84. The van der Waals surface area contributed by atoms with E-state index in [1.807, 2.05) is 0 Å². The molecule has 1 fully saturated rings. The number of ether oxygens (including phenoxy) is 4. The average Bonchev–Trinajstić information content (AvgIpc) is 2.86. The normalized spacial score (nSPS) is 18.6. The van der Waals surface area contributed by atoms with Crippen molar-refractivity contribution in [2.24, 2.45) is 0 Å². The predicted octanol–water partition coefficient (Wildman–Crippen LogP) is 3.77. The topological polar surface area (TPSA) is 91.4 Å². The van der Waals surface area contributed by atoms with Crippen LogP contribution in [0.25, 0.3) is 0 Å². The lowest BCUT2D eigenvalue weighted by Crippen LogP contribution is -2.71. The first-order valence-electron chi connectivity index (χ1n) is 11.1. The minimum atomic E-state index is -1.25. The Bertz CT molecular complexity index is 1050. The van der Waals surface area contributed by atoms with Gasteiger partial charge in [-0.2, -0.15) is 0 Å². The lowest BCUT2D eigenvalue weighted by molar-refractivity contribution is -0.176. The molecule has 3 rings (SSSR count). The van der Waals surface area contributed by atoms with Crippen molar-refractivity contribution >= 4 is 23.5 Å². The quantitative estimate of drug-likeness (QED) is 0.260. The summed E-state index contributed by atoms with van der Waals surface area (Å²) in [6, 6.07) is 14.9. The maximum Gasteiger partial charge on any atom is 0.352 e. The van der Waals surface area contributed by atoms with Gasteiger partial charge < -0.3 is 23.8 Å². The fraction of sp³-hybridized carbons (Fsp3) is 0.296. The van der Waals surface area contributed by atoms with Crippen molar-refractivity contribution in [1.82, 2.24) is 0 Å². The van der Waals surface area contributed by atoms with E-state index in [9.17, 15) is 14.4 Å². The number of hydrogen-bond donors (Lipinski definition) is 0. The summed E-state index contributed by atoms with van der Waals surface area (Å²) in [5.41, 5.74) is 1.07. The van der Waals surface area contributed by atoms with Crippen LogP contribution in [0.5, 0.6) is 5.75 Å². The van der Waals surface area contributed by atoms with E-state index in [0.29, 0.717) is 17.0 Å². The second-order valence-corrected chi connectivity index (χ2v) is 7.84. The SMILES string of the molecule is C=CCO[C@H]1C(=O)N(c2ccc(OC)cc2)[C@H]1[C@@H](CC=C)OC(=O)[C@H](OC(C)=O)c1ccccc1. The number of methoxy groups -OCH3 is 1. The van der Waals surface area contributed by atoms with E-state index in [-0.39, 0.29) is 18.9 Å². The minimum absolute atomic E-state index is 0.151. The summed E-state index contributed by atoms with van der Waals surface area (Å²) in [5, 5.41) is 0. The third kappa shape index (κ3) is 5.96. The second kappa shape index (κ2) is 12.0. The van der Waals surface area contributed by atoms with Gasteiger partial charge in [0.1, 0.15) is 17.9 Å². The zero-order valence-corrected chi connectivity index (χ0v) is 19.8. The van der Waals surface area contributed by atoms with Gasteiger partial charge in [-0.25, -0.2) is 4.79 Å². The fourth-order valence-electron chi connectivity index (χ4n) is 3.91. The van der Waals surface area contributed by atoms with Crippen LogP contribution in [0.3, 0.4) is 0 Å². The van der Waals surface area contributed by atoms with Gasteiger partial charge in [0.2, 0.25) is 6.10 Å². The van der Waals surface area contributed by atoms with Crippen molar-refractivity contribution in [2.75, 3.05) is 18.6 Å². The van der Waals surface area contributed by atoms with E-state index >= 15 is 0 Å². The number of nitrogens with zero attached hydrogens (tertiary/aromatic N) is 1. The molecule has 184 valence electrons. The Kier molecular flexibility index (Phi) is 8.80. The molecule has 8 nitrogen and oxygen atoms in total. The van der Waals surface area contributed by atoms with Crippen LogP contribution in [0, 0.1) is 0 Å². The summed E-state index contributed by atoms with van der Waals surface area (Å²) in [4.78, 5) is 39.5. The number of carbonyl (C=O) groups excluding carboxylic acids is 3. The highest BCUT2D eigenvalue weighted by atomic mass is 16.6. The van der Waals surface area contributed by atoms with E-state index in [0.717, 1.165) is 0 Å². The third-order valence-corrected chi connectivity index (χ3v) is 5.48. The highest BCUT2D eigenvalue weighted by Gasteiger charge is 2.54. The van der Waals surface area contributed by atoms with Crippen molar-refractivity contribution in [3.05, 3.63) is 85.5 Å². The van der Waals surface area contributed by atoms with Gasteiger partial charge in [-0.05, 0) is 24.3 Å². The van der Waals surface area contributed by atoms with Crippen LogP contribution in [0.2, 0.25) is 0 Å². The molecule has 0 unspecified atom stereocenters. The van der Waals surface area contributed by atoms with Crippen LogP contribution in [-0.2, 0) is 28.6 Å². The molecule has 35 heavy (non-hydrogen) atoms. The third-order valence-electron chi connectivity index (χ3n) is 5.48. The largest absolute Gasteiger partial charge is 0.497 e. The molecule has 1 aliphatic rings. The van der Waals surface area contributed by atoms with Crippen LogP contribution in [0.4, 0.5) is 5.69 Å². The molecule has 1 aliphatic heterocycles. The first-order chi connectivity index (χ1) is 16.9. The van der Waals surface area contributed by atoms with E-state index in [2.05, 4.69) is 13.2 Å². The van der Waals surface area contributed by atoms with Gasteiger partial charge in [0.15, 0.2) is 6.10 Å². The predicted molar refractivity (Wildman–Crippen MR) is 130 cm³/mol. The summed E-state index contributed by atoms with van der Waals surface area (Å²) in [7, 11) is 1.55. The highest BCUT2D eigenvalue weighted by molar-refractivity contribution is 6.05. The molecular formula is C27H29NO7. The van der Waals surface area contributed by atoms with Gasteiger partial charge >= 0.3 is 11.9 Å². The number of esters is 2. The van der Waals surface area contributed by atoms with Crippen LogP contribution in [-0.4, -0.2) is 49.8 Å². The van der Waals surface area contributed by atoms with Gasteiger partial charge in [-0.3, -0.25) is 9.59 Å². The summed E-state index contributed by atoms with van der Waals surface area (Å²) in [6.45, 7) is 8.78. The number of rotatable bonds is 12. The molecule has 2 aromatic rings. The van der Waals surface area contributed by atoms with Crippen molar-refractivity contribution < 1.29 is 33.3 Å². The van der Waals surface area contributed by atoms with E-state index in [4.69, 9.17) is 18.9 Å². The standard InChI is InChI=1S/C27H29NO7/c1-5-10-22(35-27(31)24(34-18(3)29)19-11-8-7-9-12-19)23-25(33-17-6-2)26(30)28(23)20-13-15-21(32-4)16-14-20/h5-9,11-16,22-25H,1-2,10,17H2,3-4H3/t22-,23+,24-,25-/m1/s1. The molecule has 1 saturated heterocycles. The number of benzene rings is 2. The van der Waals surface area contributed by atoms with E-state index in [1.165, 1.54) is 11.8 Å². The maximum atomic E-state index is 13.2. The summed E-state index contributed by atoms with van der Waals surface area (Å²) in [5.74, 6) is -1.01. The molecule has 0 spiro atoms. The first-order valence-corrected chi connectivity index (χ1v) is 11.1. The van der Waals surface area contributed by atoms with Crippen molar-refractivity contribution in [3.8, 4) is 5.75 Å². The van der Waals surface area contributed by atoms with Gasteiger partial charge in [0.05, 0.1) is 13.7 Å². The Morgan fingerprint density at radius 3 is 2.29 bits per heavy atom.